The quantitative estimate of drug-likeness (QED) is 0.552. The Bertz CT molecular complexity index is 292. The third-order valence-electron chi connectivity index (χ3n) is 1.64. The molecule has 17 heavy (non-hydrogen) atoms. The van der Waals surface area contributed by atoms with Crippen LogP contribution in [0, 0.1) is 0 Å². The molecule has 0 aromatic carbocycles. The molecule has 100 valence electrons. The van der Waals surface area contributed by atoms with Crippen LogP contribution in [0.1, 0.15) is 0 Å². The summed E-state index contributed by atoms with van der Waals surface area (Å²) in [5, 5.41) is 0. The second-order valence-corrected chi connectivity index (χ2v) is 14.9. The van der Waals surface area contributed by atoms with Crippen molar-refractivity contribution < 1.29 is 13.6 Å². The van der Waals surface area contributed by atoms with E-state index in [0.29, 0.717) is 5.88 Å². The molecule has 0 saturated carbocycles. The molecule has 0 rings (SSSR count). The van der Waals surface area contributed by atoms with E-state index in [1.54, 1.807) is 11.9 Å². The summed E-state index contributed by atoms with van der Waals surface area (Å²) in [6.45, 7) is 16.2. The Morgan fingerprint density at radius 3 is 1.82 bits per heavy atom. The third kappa shape index (κ3) is 8.99. The van der Waals surface area contributed by atoms with Gasteiger partial charge in [-0.15, -0.1) is 0 Å². The van der Waals surface area contributed by atoms with E-state index in [1.165, 1.54) is 0 Å². The van der Waals surface area contributed by atoms with Crippen molar-refractivity contribution in [3.63, 3.8) is 0 Å². The highest BCUT2D eigenvalue weighted by molar-refractivity contribution is 6.71. The van der Waals surface area contributed by atoms with Crippen molar-refractivity contribution in [3.8, 4) is 0 Å². The Morgan fingerprint density at radius 2 is 1.47 bits per heavy atom. The lowest BCUT2D eigenvalue weighted by Crippen LogP contribution is -2.37. The first-order valence-electron chi connectivity index (χ1n) is 5.71. The van der Waals surface area contributed by atoms with Gasteiger partial charge in [-0.2, -0.15) is 0 Å². The molecule has 0 unspecified atom stereocenters. The van der Waals surface area contributed by atoms with Crippen LogP contribution < -0.4 is 0 Å². The highest BCUT2D eigenvalue weighted by Gasteiger charge is 2.23. The Hall–Kier alpha value is -0.756. The molecular formula is C11H25NO3Si2. The number of nitrogens with zero attached hydrogens (tertiary/aromatic N) is 1. The van der Waals surface area contributed by atoms with Crippen molar-refractivity contribution in [1.82, 2.24) is 4.90 Å². The first-order chi connectivity index (χ1) is 7.41. The normalized spacial score (nSPS) is 11.9. The molecule has 0 spiro atoms. The Kier molecular flexibility index (Phi) is 5.47. The highest BCUT2D eigenvalue weighted by atomic mass is 28.4. The average Bonchev–Trinajstić information content (AvgIpc) is 1.95. The Labute approximate surface area is 107 Å². The van der Waals surface area contributed by atoms with Crippen LogP contribution >= 0.6 is 0 Å². The van der Waals surface area contributed by atoms with Crippen LogP contribution in [0.15, 0.2) is 12.5 Å². The van der Waals surface area contributed by atoms with Gasteiger partial charge in [0, 0.05) is 7.05 Å². The summed E-state index contributed by atoms with van der Waals surface area (Å²) in [7, 11) is -1.69. The van der Waals surface area contributed by atoms with Gasteiger partial charge in [-0.25, -0.2) is 0 Å². The van der Waals surface area contributed by atoms with Gasteiger partial charge in [0.1, 0.15) is 6.54 Å². The average molecular weight is 275 g/mol. The maximum atomic E-state index is 11.6. The summed E-state index contributed by atoms with van der Waals surface area (Å²) in [4.78, 5) is 13.3. The molecule has 0 aromatic heterocycles. The minimum Gasteiger partial charge on any atom is -0.533 e. The van der Waals surface area contributed by atoms with Gasteiger partial charge < -0.3 is 13.8 Å². The maximum Gasteiger partial charge on any atom is 0.312 e. The molecule has 0 fully saturated rings. The van der Waals surface area contributed by atoms with Crippen LogP contribution in [0.4, 0.5) is 0 Å². The predicted octanol–water partition coefficient (Wildman–Crippen LogP) is 2.62. The van der Waals surface area contributed by atoms with Crippen LogP contribution in [0.3, 0.4) is 0 Å². The number of hydrogen-bond acceptors (Lipinski definition) is 4. The largest absolute Gasteiger partial charge is 0.533 e. The first-order valence-corrected chi connectivity index (χ1v) is 12.5. The zero-order valence-corrected chi connectivity index (χ0v) is 14.1. The highest BCUT2D eigenvalue weighted by Crippen LogP contribution is 2.12. The molecule has 0 N–H and O–H groups in total. The molecule has 0 bridgehead atoms. The van der Waals surface area contributed by atoms with Gasteiger partial charge >= 0.3 is 5.97 Å². The summed E-state index contributed by atoms with van der Waals surface area (Å²) in [6, 6.07) is 0. The molecule has 0 atom stereocenters. The number of carbonyl (C=O) groups excluding carboxylic acids is 1. The van der Waals surface area contributed by atoms with Crippen LogP contribution in [-0.4, -0.2) is 41.1 Å². The molecule has 0 aliphatic rings. The lowest BCUT2D eigenvalue weighted by molar-refractivity contribution is -0.136. The second-order valence-electron chi connectivity index (χ2n) is 6.05. The smallest absolute Gasteiger partial charge is 0.312 e. The van der Waals surface area contributed by atoms with E-state index >= 15 is 0 Å². The monoisotopic (exact) mass is 275 g/mol. The fourth-order valence-corrected chi connectivity index (χ4v) is 2.70. The van der Waals surface area contributed by atoms with Gasteiger partial charge in [0.05, 0.1) is 0 Å². The summed E-state index contributed by atoms with van der Waals surface area (Å²) >= 11 is 0. The van der Waals surface area contributed by atoms with Crippen LogP contribution in [-0.2, 0) is 13.6 Å². The van der Waals surface area contributed by atoms with E-state index in [1.807, 2.05) is 19.6 Å². The van der Waals surface area contributed by atoms with Crippen LogP contribution in [0.2, 0.25) is 39.3 Å². The Morgan fingerprint density at radius 1 is 1.06 bits per heavy atom. The predicted molar refractivity (Wildman–Crippen MR) is 75.6 cm³/mol. The molecule has 0 radical (unpaired) electrons. The minimum absolute atomic E-state index is 0.188. The topological polar surface area (TPSA) is 38.8 Å². The summed E-state index contributed by atoms with van der Waals surface area (Å²) in [5.74, 6) is 0.323. The standard InChI is InChI=1S/C11H25NO3Si2/c1-10(14-16(3,4)5)12(2)9-11(13)15-17(6,7)8/h1,9H2,2-8H3. The van der Waals surface area contributed by atoms with Crippen molar-refractivity contribution in [1.29, 1.82) is 0 Å². The van der Waals surface area contributed by atoms with E-state index < -0.39 is 16.6 Å². The van der Waals surface area contributed by atoms with Crippen LogP contribution in [0.25, 0.3) is 0 Å². The van der Waals surface area contributed by atoms with Gasteiger partial charge in [-0.05, 0) is 45.9 Å². The number of carbonyl (C=O) groups is 1. The molecule has 0 aromatic rings. The number of hydrogen-bond donors (Lipinski definition) is 0. The van der Waals surface area contributed by atoms with Crippen molar-refractivity contribution in [3.05, 3.63) is 12.5 Å². The molecule has 4 nitrogen and oxygen atoms in total. The molecule has 0 aliphatic carbocycles. The lowest BCUT2D eigenvalue weighted by Gasteiger charge is -2.28. The van der Waals surface area contributed by atoms with E-state index in [-0.39, 0.29) is 12.5 Å². The fourth-order valence-electron chi connectivity index (χ4n) is 1.09. The summed E-state index contributed by atoms with van der Waals surface area (Å²) in [5.41, 5.74) is 0. The zero-order valence-electron chi connectivity index (χ0n) is 12.1. The summed E-state index contributed by atoms with van der Waals surface area (Å²) in [6.07, 6.45) is 0. The fraction of sp³-hybridized carbons (Fsp3) is 0.727. The number of likely N-dealkylation sites (N-methyl/N-ethyl adjacent to an activating group) is 1. The minimum atomic E-state index is -1.81. The molecule has 0 aliphatic heterocycles. The second kappa shape index (κ2) is 5.72. The van der Waals surface area contributed by atoms with Crippen molar-refractivity contribution in [2.45, 2.75) is 39.3 Å². The van der Waals surface area contributed by atoms with Crippen molar-refractivity contribution in [2.75, 3.05) is 13.6 Å². The first kappa shape index (κ1) is 16.2. The van der Waals surface area contributed by atoms with E-state index in [2.05, 4.69) is 26.2 Å². The lowest BCUT2D eigenvalue weighted by atomic mass is 10.6. The SMILES string of the molecule is C=C(O[Si](C)(C)C)N(C)CC(=O)O[Si](C)(C)C. The van der Waals surface area contributed by atoms with E-state index in [0.717, 1.165) is 0 Å². The van der Waals surface area contributed by atoms with Gasteiger partial charge in [0.15, 0.2) is 5.88 Å². The van der Waals surface area contributed by atoms with Crippen molar-refractivity contribution >= 4 is 22.6 Å². The van der Waals surface area contributed by atoms with E-state index in [4.69, 9.17) is 8.85 Å². The molecule has 0 amide bonds. The Balaban J connectivity index is 4.22. The van der Waals surface area contributed by atoms with Crippen molar-refractivity contribution in [2.24, 2.45) is 0 Å². The van der Waals surface area contributed by atoms with E-state index in [9.17, 15) is 4.79 Å². The maximum absolute atomic E-state index is 11.6. The third-order valence-corrected chi connectivity index (χ3v) is 3.32. The zero-order chi connectivity index (χ0) is 13.9. The number of rotatable bonds is 6. The molecule has 6 heteroatoms. The summed E-state index contributed by atoms with van der Waals surface area (Å²) < 4.78 is 11.1. The molecule has 0 heterocycles. The van der Waals surface area contributed by atoms with Gasteiger partial charge in [-0.1, -0.05) is 0 Å². The molecular weight excluding hydrogens is 250 g/mol. The molecule has 0 saturated heterocycles. The van der Waals surface area contributed by atoms with Gasteiger partial charge in [-0.3, -0.25) is 4.79 Å². The van der Waals surface area contributed by atoms with Crippen LogP contribution in [0.5, 0.6) is 0 Å². The van der Waals surface area contributed by atoms with Gasteiger partial charge in [0.2, 0.25) is 16.6 Å². The van der Waals surface area contributed by atoms with Gasteiger partial charge in [0.25, 0.3) is 0 Å².